The largest absolute Gasteiger partial charge is 0.221 e. The molecule has 3 nitrogen and oxygen atoms in total. The van der Waals surface area contributed by atoms with Crippen LogP contribution in [0.4, 0.5) is 0 Å². The van der Waals surface area contributed by atoms with E-state index in [0.717, 1.165) is 12.8 Å². The van der Waals surface area contributed by atoms with Crippen molar-refractivity contribution in [1.29, 1.82) is 0 Å². The Bertz CT molecular complexity index is 271. The van der Waals surface area contributed by atoms with Crippen LogP contribution in [0.15, 0.2) is 0 Å². The van der Waals surface area contributed by atoms with Crippen LogP contribution in [0.5, 0.6) is 0 Å². The molecule has 0 aromatic heterocycles. The van der Waals surface area contributed by atoms with Crippen molar-refractivity contribution >= 4 is 26.0 Å². The zero-order valence-electron chi connectivity index (χ0n) is 9.21. The van der Waals surface area contributed by atoms with Crippen molar-refractivity contribution in [2.75, 3.05) is 4.66 Å². The Kier molecular flexibility index (Phi) is 5.57. The van der Waals surface area contributed by atoms with Gasteiger partial charge in [-0.05, 0) is 25.7 Å². The van der Waals surface area contributed by atoms with Crippen LogP contribution in [0.25, 0.3) is 0 Å². The zero-order chi connectivity index (χ0) is 11.3. The van der Waals surface area contributed by atoms with E-state index in [2.05, 4.69) is 20.7 Å². The highest BCUT2D eigenvalue weighted by Gasteiger charge is 2.22. The Morgan fingerprint density at radius 3 is 2.27 bits per heavy atom. The summed E-state index contributed by atoms with van der Waals surface area (Å²) in [6.45, 7) is 1.98. The molecule has 0 bridgehead atoms. The fourth-order valence-corrected chi connectivity index (χ4v) is 3.44. The lowest BCUT2D eigenvalue weighted by molar-refractivity contribution is 0.371. The van der Waals surface area contributed by atoms with Gasteiger partial charge in [-0.3, -0.25) is 0 Å². The summed E-state index contributed by atoms with van der Waals surface area (Å²) in [6.07, 6.45) is 7.40. The average molecular weight is 298 g/mol. The van der Waals surface area contributed by atoms with Gasteiger partial charge in [0.05, 0.1) is 0 Å². The highest BCUT2D eigenvalue weighted by molar-refractivity contribution is 9.10. The SMILES string of the molecule is C[C@@H](NS(=O)(=O)CBr)C1CCCCCC1. The molecule has 1 N–H and O–H groups in total. The van der Waals surface area contributed by atoms with E-state index < -0.39 is 10.0 Å². The van der Waals surface area contributed by atoms with Crippen molar-refractivity contribution in [3.05, 3.63) is 0 Å². The summed E-state index contributed by atoms with van der Waals surface area (Å²) in [5.74, 6) is 0.515. The minimum absolute atomic E-state index is 0.00292. The first-order valence-corrected chi connectivity index (χ1v) is 8.38. The molecule has 0 radical (unpaired) electrons. The summed E-state index contributed by atoms with van der Waals surface area (Å²) in [6, 6.07) is 0.0747. The lowest BCUT2D eigenvalue weighted by atomic mass is 9.94. The molecule has 5 heteroatoms. The standard InChI is InChI=1S/C10H20BrNO2S/c1-9(12-15(13,14)8-11)10-6-4-2-3-5-7-10/h9-10,12H,2-8H2,1H3/t9-/m1/s1. The molecule has 0 aliphatic heterocycles. The second-order valence-corrected chi connectivity index (χ2v) is 7.44. The van der Waals surface area contributed by atoms with Crippen molar-refractivity contribution in [3.63, 3.8) is 0 Å². The number of rotatable bonds is 4. The van der Waals surface area contributed by atoms with Crippen LogP contribution in [0.2, 0.25) is 0 Å². The summed E-state index contributed by atoms with van der Waals surface area (Å²) in [4.78, 5) is 0. The Hall–Kier alpha value is 0.390. The number of nitrogens with one attached hydrogen (secondary N) is 1. The normalized spacial score (nSPS) is 22.3. The summed E-state index contributed by atoms with van der Waals surface area (Å²) < 4.78 is 25.5. The molecule has 0 spiro atoms. The van der Waals surface area contributed by atoms with Crippen molar-refractivity contribution < 1.29 is 8.42 Å². The van der Waals surface area contributed by atoms with Gasteiger partial charge in [0, 0.05) is 6.04 Å². The molecule has 0 amide bonds. The maximum atomic E-state index is 11.4. The molecule has 1 rings (SSSR count). The average Bonchev–Trinajstić information content (AvgIpc) is 2.45. The predicted molar refractivity (Wildman–Crippen MR) is 66.5 cm³/mol. The van der Waals surface area contributed by atoms with Gasteiger partial charge >= 0.3 is 0 Å². The number of alkyl halides is 1. The predicted octanol–water partition coefficient (Wildman–Crippen LogP) is 2.62. The van der Waals surface area contributed by atoms with E-state index in [0.29, 0.717) is 5.92 Å². The van der Waals surface area contributed by atoms with Crippen LogP contribution < -0.4 is 4.72 Å². The van der Waals surface area contributed by atoms with E-state index in [1.54, 1.807) is 0 Å². The number of hydrogen-bond acceptors (Lipinski definition) is 2. The van der Waals surface area contributed by atoms with Gasteiger partial charge in [-0.25, -0.2) is 13.1 Å². The first kappa shape index (κ1) is 13.5. The van der Waals surface area contributed by atoms with Gasteiger partial charge < -0.3 is 0 Å². The third-order valence-corrected chi connectivity index (χ3v) is 5.94. The van der Waals surface area contributed by atoms with Gasteiger partial charge in [-0.15, -0.1) is 0 Å². The monoisotopic (exact) mass is 297 g/mol. The van der Waals surface area contributed by atoms with Crippen LogP contribution in [-0.2, 0) is 10.0 Å². The lowest BCUT2D eigenvalue weighted by Gasteiger charge is -2.22. The molecule has 90 valence electrons. The lowest BCUT2D eigenvalue weighted by Crippen LogP contribution is -2.38. The topological polar surface area (TPSA) is 46.2 Å². The van der Waals surface area contributed by atoms with Gasteiger partial charge in [0.1, 0.15) is 4.66 Å². The van der Waals surface area contributed by atoms with Gasteiger partial charge in [-0.1, -0.05) is 41.6 Å². The van der Waals surface area contributed by atoms with Crippen LogP contribution >= 0.6 is 15.9 Å². The minimum Gasteiger partial charge on any atom is -0.212 e. The molecular formula is C10H20BrNO2S. The Morgan fingerprint density at radius 2 is 1.80 bits per heavy atom. The molecule has 0 heterocycles. The van der Waals surface area contributed by atoms with Gasteiger partial charge in [0.15, 0.2) is 0 Å². The van der Waals surface area contributed by atoms with Gasteiger partial charge in [0.2, 0.25) is 10.0 Å². The molecule has 0 aromatic rings. The fraction of sp³-hybridized carbons (Fsp3) is 1.00. The Labute approximate surface area is 101 Å². The van der Waals surface area contributed by atoms with E-state index in [9.17, 15) is 8.42 Å². The molecule has 1 aliphatic carbocycles. The summed E-state index contributed by atoms with van der Waals surface area (Å²) in [5.41, 5.74) is 0. The second-order valence-electron chi connectivity index (χ2n) is 4.38. The Balaban J connectivity index is 2.47. The van der Waals surface area contributed by atoms with E-state index in [1.807, 2.05) is 6.92 Å². The van der Waals surface area contributed by atoms with E-state index in [-0.39, 0.29) is 10.7 Å². The first-order chi connectivity index (χ1) is 7.05. The molecule has 1 aliphatic rings. The van der Waals surface area contributed by atoms with Gasteiger partial charge in [-0.2, -0.15) is 0 Å². The maximum absolute atomic E-state index is 11.4. The first-order valence-electron chi connectivity index (χ1n) is 5.61. The molecular weight excluding hydrogens is 278 g/mol. The van der Waals surface area contributed by atoms with E-state index >= 15 is 0 Å². The summed E-state index contributed by atoms with van der Waals surface area (Å²) in [5, 5.41) is 0. The molecule has 0 aromatic carbocycles. The van der Waals surface area contributed by atoms with Crippen LogP contribution in [0.1, 0.15) is 45.4 Å². The van der Waals surface area contributed by atoms with Crippen molar-refractivity contribution in [2.24, 2.45) is 5.92 Å². The highest BCUT2D eigenvalue weighted by atomic mass is 79.9. The summed E-state index contributed by atoms with van der Waals surface area (Å²) >= 11 is 2.99. The quantitative estimate of drug-likeness (QED) is 0.640. The fourth-order valence-electron chi connectivity index (χ4n) is 2.22. The van der Waals surface area contributed by atoms with Crippen molar-refractivity contribution in [2.45, 2.75) is 51.5 Å². The number of halogens is 1. The third kappa shape index (κ3) is 4.83. The molecule has 1 atom stereocenters. The number of sulfonamides is 1. The van der Waals surface area contributed by atoms with Crippen LogP contribution in [0.3, 0.4) is 0 Å². The van der Waals surface area contributed by atoms with E-state index in [4.69, 9.17) is 0 Å². The van der Waals surface area contributed by atoms with Gasteiger partial charge in [0.25, 0.3) is 0 Å². The zero-order valence-corrected chi connectivity index (χ0v) is 11.6. The molecule has 1 saturated carbocycles. The smallest absolute Gasteiger partial charge is 0.212 e. The maximum Gasteiger partial charge on any atom is 0.221 e. The molecule has 0 unspecified atom stereocenters. The molecule has 15 heavy (non-hydrogen) atoms. The molecule has 0 saturated heterocycles. The number of hydrogen-bond donors (Lipinski definition) is 1. The Morgan fingerprint density at radius 1 is 1.27 bits per heavy atom. The molecule has 1 fully saturated rings. The highest BCUT2D eigenvalue weighted by Crippen LogP contribution is 2.25. The van der Waals surface area contributed by atoms with Crippen LogP contribution in [0, 0.1) is 5.92 Å². The third-order valence-electron chi connectivity index (χ3n) is 3.12. The van der Waals surface area contributed by atoms with E-state index in [1.165, 1.54) is 25.7 Å². The van der Waals surface area contributed by atoms with Crippen molar-refractivity contribution in [1.82, 2.24) is 4.72 Å². The second kappa shape index (κ2) is 6.21. The van der Waals surface area contributed by atoms with Crippen LogP contribution in [-0.4, -0.2) is 19.1 Å². The minimum atomic E-state index is -3.11. The van der Waals surface area contributed by atoms with Crippen molar-refractivity contribution in [3.8, 4) is 0 Å². The summed E-state index contributed by atoms with van der Waals surface area (Å²) in [7, 11) is -3.11.